The Bertz CT molecular complexity index is 421. The zero-order valence-corrected chi connectivity index (χ0v) is 11.9. The van der Waals surface area contributed by atoms with Gasteiger partial charge in [-0.2, -0.15) is 0 Å². The molecule has 1 aromatic carbocycles. The van der Waals surface area contributed by atoms with Crippen molar-refractivity contribution in [1.29, 1.82) is 0 Å². The number of hydrogen-bond donors (Lipinski definition) is 2. The number of carbonyl (C=O) groups is 1. The summed E-state index contributed by atoms with van der Waals surface area (Å²) >= 11 is 0. The van der Waals surface area contributed by atoms with Crippen molar-refractivity contribution < 1.29 is 14.3 Å². The summed E-state index contributed by atoms with van der Waals surface area (Å²) in [5, 5.41) is 5.77. The average molecular weight is 266 g/mol. The Labute approximate surface area is 114 Å². The standard InChI is InChI=1S/C14H22N2O3/c1-10(15-2)14(17)16-8-7-11-5-6-12(18-3)13(9-11)19-4/h5-6,9-10,15H,7-8H2,1-4H3,(H,16,17)/t10-/m0/s1. The molecule has 1 atom stereocenters. The van der Waals surface area contributed by atoms with Crippen LogP contribution in [0, 0.1) is 0 Å². The third-order valence-electron chi connectivity index (χ3n) is 2.99. The summed E-state index contributed by atoms with van der Waals surface area (Å²) in [5.41, 5.74) is 1.09. The molecule has 0 saturated carbocycles. The van der Waals surface area contributed by atoms with Crippen LogP contribution in [0.1, 0.15) is 12.5 Å². The molecule has 1 rings (SSSR count). The second-order valence-corrected chi connectivity index (χ2v) is 4.24. The highest BCUT2D eigenvalue weighted by atomic mass is 16.5. The summed E-state index contributed by atoms with van der Waals surface area (Å²) in [4.78, 5) is 11.6. The lowest BCUT2D eigenvalue weighted by molar-refractivity contribution is -0.122. The van der Waals surface area contributed by atoms with Crippen LogP contribution in [0.15, 0.2) is 18.2 Å². The number of likely N-dealkylation sites (N-methyl/N-ethyl adjacent to an activating group) is 1. The Balaban J connectivity index is 2.52. The molecule has 0 heterocycles. The second kappa shape index (κ2) is 7.63. The van der Waals surface area contributed by atoms with Gasteiger partial charge in [0.1, 0.15) is 0 Å². The first-order valence-electron chi connectivity index (χ1n) is 6.28. The molecule has 106 valence electrons. The summed E-state index contributed by atoms with van der Waals surface area (Å²) in [6.07, 6.45) is 0.753. The number of amides is 1. The van der Waals surface area contributed by atoms with Gasteiger partial charge in [-0.15, -0.1) is 0 Å². The summed E-state index contributed by atoms with van der Waals surface area (Å²) in [5.74, 6) is 1.41. The number of hydrogen-bond acceptors (Lipinski definition) is 4. The first-order valence-corrected chi connectivity index (χ1v) is 6.28. The van der Waals surface area contributed by atoms with Gasteiger partial charge in [0, 0.05) is 6.54 Å². The van der Waals surface area contributed by atoms with Gasteiger partial charge in [-0.25, -0.2) is 0 Å². The molecule has 0 aliphatic carbocycles. The summed E-state index contributed by atoms with van der Waals surface area (Å²) in [7, 11) is 4.98. The van der Waals surface area contributed by atoms with Crippen molar-refractivity contribution in [3.8, 4) is 11.5 Å². The summed E-state index contributed by atoms with van der Waals surface area (Å²) in [6.45, 7) is 2.42. The zero-order valence-electron chi connectivity index (χ0n) is 11.9. The highest BCUT2D eigenvalue weighted by Crippen LogP contribution is 2.27. The SMILES string of the molecule is CN[C@@H](C)C(=O)NCCc1ccc(OC)c(OC)c1. The van der Waals surface area contributed by atoms with Crippen molar-refractivity contribution in [3.05, 3.63) is 23.8 Å². The lowest BCUT2D eigenvalue weighted by Crippen LogP contribution is -2.41. The maximum atomic E-state index is 11.6. The molecule has 0 radical (unpaired) electrons. The molecule has 1 amide bonds. The molecule has 0 spiro atoms. The maximum absolute atomic E-state index is 11.6. The van der Waals surface area contributed by atoms with Crippen LogP contribution < -0.4 is 20.1 Å². The number of ether oxygens (including phenoxy) is 2. The van der Waals surface area contributed by atoms with E-state index in [1.165, 1.54) is 0 Å². The molecule has 0 bridgehead atoms. The smallest absolute Gasteiger partial charge is 0.236 e. The van der Waals surface area contributed by atoms with Gasteiger partial charge in [-0.1, -0.05) is 6.07 Å². The molecule has 5 nitrogen and oxygen atoms in total. The third kappa shape index (κ3) is 4.44. The van der Waals surface area contributed by atoms with E-state index in [9.17, 15) is 4.79 Å². The fraction of sp³-hybridized carbons (Fsp3) is 0.500. The van der Waals surface area contributed by atoms with Gasteiger partial charge >= 0.3 is 0 Å². The van der Waals surface area contributed by atoms with Gasteiger partial charge < -0.3 is 20.1 Å². The Kier molecular flexibility index (Phi) is 6.15. The van der Waals surface area contributed by atoms with Gasteiger partial charge in [0.25, 0.3) is 0 Å². The fourth-order valence-electron chi connectivity index (χ4n) is 1.65. The molecular formula is C14H22N2O3. The minimum absolute atomic E-state index is 0.00276. The van der Waals surface area contributed by atoms with E-state index >= 15 is 0 Å². The summed E-state index contributed by atoms with van der Waals surface area (Å²) < 4.78 is 10.4. The van der Waals surface area contributed by atoms with E-state index in [4.69, 9.17) is 9.47 Å². The first-order chi connectivity index (χ1) is 9.12. The zero-order chi connectivity index (χ0) is 14.3. The molecule has 0 saturated heterocycles. The molecule has 0 aliphatic rings. The van der Waals surface area contributed by atoms with Crippen molar-refractivity contribution in [1.82, 2.24) is 10.6 Å². The lowest BCUT2D eigenvalue weighted by Gasteiger charge is -2.12. The van der Waals surface area contributed by atoms with Crippen molar-refractivity contribution >= 4 is 5.91 Å². The fourth-order valence-corrected chi connectivity index (χ4v) is 1.65. The molecule has 1 aromatic rings. The predicted molar refractivity (Wildman–Crippen MR) is 74.8 cm³/mol. The van der Waals surface area contributed by atoms with Gasteiger partial charge in [-0.05, 0) is 38.1 Å². The summed E-state index contributed by atoms with van der Waals surface area (Å²) in [6, 6.07) is 5.58. The Morgan fingerprint density at radius 2 is 1.95 bits per heavy atom. The lowest BCUT2D eigenvalue weighted by atomic mass is 10.1. The van der Waals surface area contributed by atoms with Crippen LogP contribution in [-0.4, -0.2) is 39.8 Å². The Hall–Kier alpha value is -1.75. The molecule has 0 aliphatic heterocycles. The van der Waals surface area contributed by atoms with Crippen LogP contribution in [0.4, 0.5) is 0 Å². The molecule has 0 fully saturated rings. The van der Waals surface area contributed by atoms with Gasteiger partial charge in [0.2, 0.25) is 5.91 Å². The van der Waals surface area contributed by atoms with Crippen molar-refractivity contribution in [2.75, 3.05) is 27.8 Å². The van der Waals surface area contributed by atoms with Crippen molar-refractivity contribution in [2.45, 2.75) is 19.4 Å². The van der Waals surface area contributed by atoms with Crippen molar-refractivity contribution in [3.63, 3.8) is 0 Å². The quantitative estimate of drug-likeness (QED) is 0.772. The van der Waals surface area contributed by atoms with Gasteiger partial charge in [0.15, 0.2) is 11.5 Å². The molecule has 5 heteroatoms. The number of benzene rings is 1. The largest absolute Gasteiger partial charge is 0.493 e. The molecule has 19 heavy (non-hydrogen) atoms. The molecule has 2 N–H and O–H groups in total. The number of carbonyl (C=O) groups excluding carboxylic acids is 1. The average Bonchev–Trinajstić information content (AvgIpc) is 2.45. The van der Waals surface area contributed by atoms with Crippen LogP contribution >= 0.6 is 0 Å². The monoisotopic (exact) mass is 266 g/mol. The van der Waals surface area contributed by atoms with Crippen LogP contribution in [0.3, 0.4) is 0 Å². The molecular weight excluding hydrogens is 244 g/mol. The highest BCUT2D eigenvalue weighted by molar-refractivity contribution is 5.81. The Morgan fingerprint density at radius 1 is 1.26 bits per heavy atom. The molecule has 0 unspecified atom stereocenters. The minimum Gasteiger partial charge on any atom is -0.493 e. The van der Waals surface area contributed by atoms with Crippen LogP contribution in [-0.2, 0) is 11.2 Å². The van der Waals surface area contributed by atoms with E-state index in [-0.39, 0.29) is 11.9 Å². The van der Waals surface area contributed by atoms with Crippen LogP contribution in [0.2, 0.25) is 0 Å². The molecule has 0 aromatic heterocycles. The van der Waals surface area contributed by atoms with E-state index in [0.717, 1.165) is 12.0 Å². The van der Waals surface area contributed by atoms with Gasteiger partial charge in [-0.3, -0.25) is 4.79 Å². The number of nitrogens with one attached hydrogen (secondary N) is 2. The van der Waals surface area contributed by atoms with E-state index in [2.05, 4.69) is 10.6 Å². The van der Waals surface area contributed by atoms with E-state index in [1.807, 2.05) is 25.1 Å². The maximum Gasteiger partial charge on any atom is 0.236 e. The third-order valence-corrected chi connectivity index (χ3v) is 2.99. The predicted octanol–water partition coefficient (Wildman–Crippen LogP) is 0.970. The van der Waals surface area contributed by atoms with Crippen LogP contribution in [0.25, 0.3) is 0 Å². The first kappa shape index (κ1) is 15.3. The normalized spacial score (nSPS) is 11.8. The van der Waals surface area contributed by atoms with Crippen molar-refractivity contribution in [2.24, 2.45) is 0 Å². The van der Waals surface area contributed by atoms with E-state index < -0.39 is 0 Å². The minimum atomic E-state index is -0.176. The number of rotatable bonds is 7. The highest BCUT2D eigenvalue weighted by Gasteiger charge is 2.09. The second-order valence-electron chi connectivity index (χ2n) is 4.24. The van der Waals surface area contributed by atoms with Gasteiger partial charge in [0.05, 0.1) is 20.3 Å². The van der Waals surface area contributed by atoms with Crippen LogP contribution in [0.5, 0.6) is 11.5 Å². The number of methoxy groups -OCH3 is 2. The van der Waals surface area contributed by atoms with E-state index in [1.54, 1.807) is 21.3 Å². The Morgan fingerprint density at radius 3 is 2.53 bits per heavy atom. The van der Waals surface area contributed by atoms with E-state index in [0.29, 0.717) is 18.0 Å². The topological polar surface area (TPSA) is 59.6 Å².